The van der Waals surface area contributed by atoms with Gasteiger partial charge in [-0.2, -0.15) is 0 Å². The summed E-state index contributed by atoms with van der Waals surface area (Å²) in [6.45, 7) is 10.9. The summed E-state index contributed by atoms with van der Waals surface area (Å²) in [5.74, 6) is 0.614. The number of benzene rings is 1. The quantitative estimate of drug-likeness (QED) is 0.804. The standard InChI is InChI=1S/C16H26O4Si/c1-16(2,3)21(5,6)20-14-11-12(8-10-15(17)18)7-9-13(14)19-4/h7,9,11H,8,10H2,1-6H3,(H,17,18). The van der Waals surface area contributed by atoms with Crippen molar-refractivity contribution in [3.8, 4) is 11.5 Å². The molecule has 0 amide bonds. The van der Waals surface area contributed by atoms with E-state index < -0.39 is 14.3 Å². The summed E-state index contributed by atoms with van der Waals surface area (Å²) in [5, 5.41) is 8.88. The summed E-state index contributed by atoms with van der Waals surface area (Å²) < 4.78 is 11.7. The minimum absolute atomic E-state index is 0.0923. The van der Waals surface area contributed by atoms with Gasteiger partial charge in [0.25, 0.3) is 8.32 Å². The first-order valence-electron chi connectivity index (χ1n) is 7.14. The van der Waals surface area contributed by atoms with Gasteiger partial charge in [0.05, 0.1) is 7.11 Å². The Morgan fingerprint density at radius 3 is 2.33 bits per heavy atom. The Morgan fingerprint density at radius 2 is 1.86 bits per heavy atom. The van der Waals surface area contributed by atoms with Crippen molar-refractivity contribution in [2.24, 2.45) is 0 Å². The molecule has 0 aliphatic carbocycles. The van der Waals surface area contributed by atoms with E-state index in [4.69, 9.17) is 14.3 Å². The van der Waals surface area contributed by atoms with Crippen LogP contribution in [0.15, 0.2) is 18.2 Å². The van der Waals surface area contributed by atoms with E-state index in [-0.39, 0.29) is 11.5 Å². The second-order valence-electron chi connectivity index (χ2n) is 6.74. The van der Waals surface area contributed by atoms with E-state index in [1.54, 1.807) is 7.11 Å². The lowest BCUT2D eigenvalue weighted by Crippen LogP contribution is -2.43. The summed E-state index contributed by atoms with van der Waals surface area (Å²) in [6, 6.07) is 5.64. The number of hydrogen-bond donors (Lipinski definition) is 1. The van der Waals surface area contributed by atoms with Crippen LogP contribution >= 0.6 is 0 Å². The van der Waals surface area contributed by atoms with Crippen LogP contribution < -0.4 is 9.16 Å². The van der Waals surface area contributed by atoms with E-state index in [1.165, 1.54) is 0 Å². The molecule has 21 heavy (non-hydrogen) atoms. The van der Waals surface area contributed by atoms with E-state index in [1.807, 2.05) is 18.2 Å². The lowest BCUT2D eigenvalue weighted by atomic mass is 10.1. The van der Waals surface area contributed by atoms with Gasteiger partial charge < -0.3 is 14.3 Å². The SMILES string of the molecule is COc1ccc(CCC(=O)O)cc1O[Si](C)(C)C(C)(C)C. The van der Waals surface area contributed by atoms with Crippen molar-refractivity contribution in [2.45, 2.75) is 51.7 Å². The van der Waals surface area contributed by atoms with Gasteiger partial charge in [-0.05, 0) is 42.2 Å². The van der Waals surface area contributed by atoms with Crippen molar-refractivity contribution in [1.29, 1.82) is 0 Å². The molecule has 0 saturated heterocycles. The molecular formula is C16H26O4Si. The smallest absolute Gasteiger partial charge is 0.303 e. The fourth-order valence-electron chi connectivity index (χ4n) is 1.64. The lowest BCUT2D eigenvalue weighted by Gasteiger charge is -2.36. The zero-order valence-corrected chi connectivity index (χ0v) is 14.8. The van der Waals surface area contributed by atoms with Gasteiger partial charge in [-0.15, -0.1) is 0 Å². The van der Waals surface area contributed by atoms with Gasteiger partial charge in [-0.1, -0.05) is 26.8 Å². The number of rotatable bonds is 6. The Kier molecular flexibility index (Phi) is 5.45. The minimum Gasteiger partial charge on any atom is -0.541 e. The molecule has 0 aliphatic rings. The maximum absolute atomic E-state index is 10.7. The highest BCUT2D eigenvalue weighted by atomic mass is 28.4. The molecule has 118 valence electrons. The van der Waals surface area contributed by atoms with Crippen molar-refractivity contribution in [3.05, 3.63) is 23.8 Å². The number of aliphatic carboxylic acids is 1. The number of carboxylic acids is 1. The van der Waals surface area contributed by atoms with Crippen LogP contribution in [0.4, 0.5) is 0 Å². The van der Waals surface area contributed by atoms with Gasteiger partial charge >= 0.3 is 5.97 Å². The molecule has 1 aromatic carbocycles. The van der Waals surface area contributed by atoms with Gasteiger partial charge in [0.1, 0.15) is 5.75 Å². The van der Waals surface area contributed by atoms with Crippen molar-refractivity contribution < 1.29 is 19.1 Å². The second kappa shape index (κ2) is 6.51. The van der Waals surface area contributed by atoms with Gasteiger partial charge in [-0.25, -0.2) is 0 Å². The van der Waals surface area contributed by atoms with Crippen LogP contribution in [-0.4, -0.2) is 26.5 Å². The van der Waals surface area contributed by atoms with Crippen LogP contribution in [0.2, 0.25) is 18.1 Å². The third-order valence-electron chi connectivity index (χ3n) is 4.03. The van der Waals surface area contributed by atoms with Crippen LogP contribution in [0.3, 0.4) is 0 Å². The monoisotopic (exact) mass is 310 g/mol. The topological polar surface area (TPSA) is 55.8 Å². The van der Waals surface area contributed by atoms with Gasteiger partial charge in [-0.3, -0.25) is 4.79 Å². The number of methoxy groups -OCH3 is 1. The van der Waals surface area contributed by atoms with Gasteiger partial charge in [0.2, 0.25) is 0 Å². The highest BCUT2D eigenvalue weighted by Gasteiger charge is 2.39. The third-order valence-corrected chi connectivity index (χ3v) is 8.37. The zero-order valence-electron chi connectivity index (χ0n) is 13.8. The average Bonchev–Trinajstić information content (AvgIpc) is 2.34. The van der Waals surface area contributed by atoms with E-state index in [2.05, 4.69) is 33.9 Å². The zero-order chi connectivity index (χ0) is 16.3. The molecule has 0 fully saturated rings. The summed E-state index contributed by atoms with van der Waals surface area (Å²) in [5.41, 5.74) is 0.951. The highest BCUT2D eigenvalue weighted by molar-refractivity contribution is 6.74. The predicted octanol–water partition coefficient (Wildman–Crippen LogP) is 4.10. The third kappa shape index (κ3) is 4.77. The van der Waals surface area contributed by atoms with E-state index in [0.29, 0.717) is 17.9 Å². The Balaban J connectivity index is 3.03. The molecule has 1 aromatic rings. The fraction of sp³-hybridized carbons (Fsp3) is 0.562. The number of carboxylic acid groups (broad SMARTS) is 1. The first kappa shape index (κ1) is 17.6. The summed E-state index contributed by atoms with van der Waals surface area (Å²) in [4.78, 5) is 10.7. The Bertz CT molecular complexity index is 503. The van der Waals surface area contributed by atoms with Crippen LogP contribution in [0.1, 0.15) is 32.8 Å². The first-order chi connectivity index (χ1) is 9.56. The van der Waals surface area contributed by atoms with Gasteiger partial charge in [0.15, 0.2) is 5.75 Å². The molecule has 0 spiro atoms. The van der Waals surface area contributed by atoms with Crippen molar-refractivity contribution in [2.75, 3.05) is 7.11 Å². The highest BCUT2D eigenvalue weighted by Crippen LogP contribution is 2.40. The molecule has 5 heteroatoms. The van der Waals surface area contributed by atoms with Crippen molar-refractivity contribution in [1.82, 2.24) is 0 Å². The van der Waals surface area contributed by atoms with Crippen LogP contribution in [0.25, 0.3) is 0 Å². The number of aryl methyl sites for hydroxylation is 1. The van der Waals surface area contributed by atoms with E-state index in [0.717, 1.165) is 5.56 Å². The molecule has 0 saturated carbocycles. The molecule has 0 heterocycles. The molecule has 4 nitrogen and oxygen atoms in total. The molecule has 0 aliphatic heterocycles. The van der Waals surface area contributed by atoms with E-state index in [9.17, 15) is 4.79 Å². The van der Waals surface area contributed by atoms with Gasteiger partial charge in [0, 0.05) is 6.42 Å². The van der Waals surface area contributed by atoms with Crippen LogP contribution in [-0.2, 0) is 11.2 Å². The number of carbonyl (C=O) groups is 1. The lowest BCUT2D eigenvalue weighted by molar-refractivity contribution is -0.136. The second-order valence-corrected chi connectivity index (χ2v) is 11.5. The molecule has 0 radical (unpaired) electrons. The first-order valence-corrected chi connectivity index (χ1v) is 10.1. The van der Waals surface area contributed by atoms with Crippen molar-refractivity contribution >= 4 is 14.3 Å². The molecular weight excluding hydrogens is 284 g/mol. The molecule has 0 aromatic heterocycles. The molecule has 1 N–H and O–H groups in total. The number of ether oxygens (including phenoxy) is 1. The predicted molar refractivity (Wildman–Crippen MR) is 86.8 cm³/mol. The maximum atomic E-state index is 10.7. The Labute approximate surface area is 128 Å². The molecule has 0 unspecified atom stereocenters. The van der Waals surface area contributed by atoms with Crippen LogP contribution in [0, 0.1) is 0 Å². The maximum Gasteiger partial charge on any atom is 0.303 e. The Hall–Kier alpha value is -1.49. The summed E-state index contributed by atoms with van der Waals surface area (Å²) in [6.07, 6.45) is 0.610. The normalized spacial score (nSPS) is 12.1. The molecule has 0 bridgehead atoms. The summed E-state index contributed by atoms with van der Waals surface area (Å²) in [7, 11) is -0.342. The molecule has 0 atom stereocenters. The molecule has 1 rings (SSSR count). The van der Waals surface area contributed by atoms with Crippen LogP contribution in [0.5, 0.6) is 11.5 Å². The summed E-state index contributed by atoms with van der Waals surface area (Å²) >= 11 is 0. The van der Waals surface area contributed by atoms with E-state index >= 15 is 0 Å². The largest absolute Gasteiger partial charge is 0.541 e. The minimum atomic E-state index is -1.96. The van der Waals surface area contributed by atoms with Crippen molar-refractivity contribution in [3.63, 3.8) is 0 Å². The average molecular weight is 310 g/mol. The fourth-order valence-corrected chi connectivity index (χ4v) is 2.65. The number of hydrogen-bond acceptors (Lipinski definition) is 3. The Morgan fingerprint density at radius 1 is 1.24 bits per heavy atom.